The van der Waals surface area contributed by atoms with E-state index in [0.717, 1.165) is 19.6 Å². The van der Waals surface area contributed by atoms with Gasteiger partial charge in [0.2, 0.25) is 0 Å². The van der Waals surface area contributed by atoms with Crippen molar-refractivity contribution in [1.29, 1.82) is 0 Å². The quantitative estimate of drug-likeness (QED) is 0.331. The summed E-state index contributed by atoms with van der Waals surface area (Å²) in [6.07, 6.45) is 2.85. The van der Waals surface area contributed by atoms with Crippen LogP contribution in [0.2, 0.25) is 0 Å². The van der Waals surface area contributed by atoms with Gasteiger partial charge in [-0.1, -0.05) is 6.92 Å². The molecule has 1 saturated heterocycles. The van der Waals surface area contributed by atoms with Crippen LogP contribution in [0.3, 0.4) is 0 Å². The number of nitrogens with two attached hydrogens (primary N) is 1. The Labute approximate surface area is 54.9 Å². The minimum Gasteiger partial charge on any atom is -0.379 e. The van der Waals surface area contributed by atoms with E-state index in [0.29, 0.717) is 0 Å². The highest BCUT2D eigenvalue weighted by molar-refractivity contribution is 5.66. The first kappa shape index (κ1) is 6.55. The molecule has 2 N–H and O–H groups in total. The number of hydrogen-bond acceptors (Lipinski definition) is 3. The molecule has 9 heavy (non-hydrogen) atoms. The average molecular weight is 128 g/mol. The molecule has 0 bridgehead atoms. The van der Waals surface area contributed by atoms with E-state index in [4.69, 9.17) is 10.6 Å². The molecule has 0 aromatic carbocycles. The van der Waals surface area contributed by atoms with Crippen molar-refractivity contribution in [1.82, 2.24) is 0 Å². The third-order valence-electron chi connectivity index (χ3n) is 1.83. The van der Waals surface area contributed by atoms with Gasteiger partial charge in [0.15, 0.2) is 0 Å². The van der Waals surface area contributed by atoms with Gasteiger partial charge in [0.05, 0.1) is 18.6 Å². The first-order valence-electron chi connectivity index (χ1n) is 3.15. The van der Waals surface area contributed by atoms with Crippen LogP contribution in [-0.4, -0.2) is 19.4 Å². The third kappa shape index (κ3) is 1.05. The van der Waals surface area contributed by atoms with Gasteiger partial charge in [0, 0.05) is 6.21 Å². The Morgan fingerprint density at radius 2 is 2.44 bits per heavy atom. The molecule has 1 aliphatic heterocycles. The van der Waals surface area contributed by atoms with E-state index < -0.39 is 0 Å². The fourth-order valence-electron chi connectivity index (χ4n) is 0.892. The molecule has 0 spiro atoms. The second kappa shape index (κ2) is 2.35. The summed E-state index contributed by atoms with van der Waals surface area (Å²) >= 11 is 0. The number of hydrogen-bond donors (Lipinski definition) is 1. The predicted molar refractivity (Wildman–Crippen MR) is 36.2 cm³/mol. The highest BCUT2D eigenvalue weighted by Crippen LogP contribution is 2.28. The van der Waals surface area contributed by atoms with Gasteiger partial charge in [0.1, 0.15) is 0 Å². The standard InChI is InChI=1S/C6H12N2O/c1-2-6(3-8-7)4-9-5-6/h3H,2,4-5,7H2,1H3/b8-3+. The molecule has 0 aromatic heterocycles. The van der Waals surface area contributed by atoms with Crippen molar-refractivity contribution in [2.45, 2.75) is 13.3 Å². The summed E-state index contributed by atoms with van der Waals surface area (Å²) in [6.45, 7) is 3.68. The topological polar surface area (TPSA) is 47.6 Å². The van der Waals surface area contributed by atoms with Crippen LogP contribution in [0.15, 0.2) is 5.10 Å². The smallest absolute Gasteiger partial charge is 0.0595 e. The summed E-state index contributed by atoms with van der Waals surface area (Å²) in [7, 11) is 0. The van der Waals surface area contributed by atoms with Crippen molar-refractivity contribution < 1.29 is 4.74 Å². The van der Waals surface area contributed by atoms with Gasteiger partial charge in [-0.15, -0.1) is 0 Å². The van der Waals surface area contributed by atoms with E-state index >= 15 is 0 Å². The van der Waals surface area contributed by atoms with Gasteiger partial charge in [-0.3, -0.25) is 0 Å². The fourth-order valence-corrected chi connectivity index (χ4v) is 0.892. The number of rotatable bonds is 2. The van der Waals surface area contributed by atoms with E-state index in [1.165, 1.54) is 0 Å². The molecular weight excluding hydrogens is 116 g/mol. The highest BCUT2D eigenvalue weighted by Gasteiger charge is 2.34. The van der Waals surface area contributed by atoms with Crippen LogP contribution in [-0.2, 0) is 4.74 Å². The molecule has 0 aliphatic carbocycles. The lowest BCUT2D eigenvalue weighted by Gasteiger charge is -2.36. The summed E-state index contributed by atoms with van der Waals surface area (Å²) in [5, 5.41) is 3.50. The van der Waals surface area contributed by atoms with Crippen molar-refractivity contribution >= 4 is 6.21 Å². The van der Waals surface area contributed by atoms with E-state index in [9.17, 15) is 0 Å². The zero-order valence-corrected chi connectivity index (χ0v) is 5.63. The van der Waals surface area contributed by atoms with E-state index in [2.05, 4.69) is 12.0 Å². The van der Waals surface area contributed by atoms with Crippen LogP contribution in [0.25, 0.3) is 0 Å². The molecular formula is C6H12N2O. The molecule has 3 nitrogen and oxygen atoms in total. The lowest BCUT2D eigenvalue weighted by Crippen LogP contribution is -2.43. The van der Waals surface area contributed by atoms with Gasteiger partial charge in [-0.25, -0.2) is 0 Å². The molecule has 0 radical (unpaired) electrons. The molecule has 1 heterocycles. The van der Waals surface area contributed by atoms with Gasteiger partial charge >= 0.3 is 0 Å². The number of hydrazone groups is 1. The first-order chi connectivity index (χ1) is 4.33. The molecule has 1 fully saturated rings. The Hall–Kier alpha value is -0.570. The minimum atomic E-state index is 0.175. The number of nitrogens with zero attached hydrogens (tertiary/aromatic N) is 1. The Kier molecular flexibility index (Phi) is 1.71. The second-order valence-electron chi connectivity index (χ2n) is 2.49. The lowest BCUT2D eigenvalue weighted by molar-refractivity contribution is -0.0679. The Bertz CT molecular complexity index is 113. The molecule has 1 rings (SSSR count). The summed E-state index contributed by atoms with van der Waals surface area (Å²) in [5.74, 6) is 5.01. The zero-order valence-electron chi connectivity index (χ0n) is 5.63. The molecule has 0 unspecified atom stereocenters. The van der Waals surface area contributed by atoms with Crippen molar-refractivity contribution in [3.05, 3.63) is 0 Å². The van der Waals surface area contributed by atoms with Crippen LogP contribution >= 0.6 is 0 Å². The van der Waals surface area contributed by atoms with E-state index in [1.807, 2.05) is 0 Å². The summed E-state index contributed by atoms with van der Waals surface area (Å²) in [5.41, 5.74) is 0.175. The van der Waals surface area contributed by atoms with Crippen molar-refractivity contribution in [3.63, 3.8) is 0 Å². The normalized spacial score (nSPS) is 24.1. The Morgan fingerprint density at radius 3 is 2.56 bits per heavy atom. The fraction of sp³-hybridized carbons (Fsp3) is 0.833. The van der Waals surface area contributed by atoms with Gasteiger partial charge in [-0.05, 0) is 6.42 Å². The molecule has 0 aromatic rings. The van der Waals surface area contributed by atoms with E-state index in [-0.39, 0.29) is 5.41 Å². The second-order valence-corrected chi connectivity index (χ2v) is 2.49. The zero-order chi connectivity index (χ0) is 6.74. The Morgan fingerprint density at radius 1 is 1.78 bits per heavy atom. The van der Waals surface area contributed by atoms with Gasteiger partial charge in [-0.2, -0.15) is 5.10 Å². The number of ether oxygens (including phenoxy) is 1. The minimum absolute atomic E-state index is 0.175. The monoisotopic (exact) mass is 128 g/mol. The third-order valence-corrected chi connectivity index (χ3v) is 1.83. The molecule has 0 saturated carbocycles. The van der Waals surface area contributed by atoms with E-state index in [1.54, 1.807) is 6.21 Å². The van der Waals surface area contributed by atoms with Crippen molar-refractivity contribution in [2.24, 2.45) is 16.4 Å². The molecule has 52 valence electrons. The van der Waals surface area contributed by atoms with Gasteiger partial charge < -0.3 is 10.6 Å². The first-order valence-corrected chi connectivity index (χ1v) is 3.15. The lowest BCUT2D eigenvalue weighted by atomic mass is 9.85. The maximum Gasteiger partial charge on any atom is 0.0595 e. The maximum atomic E-state index is 5.03. The maximum absolute atomic E-state index is 5.03. The summed E-state index contributed by atoms with van der Waals surface area (Å²) < 4.78 is 5.03. The molecule has 3 heteroatoms. The van der Waals surface area contributed by atoms with Crippen molar-refractivity contribution in [2.75, 3.05) is 13.2 Å². The summed E-state index contributed by atoms with van der Waals surface area (Å²) in [4.78, 5) is 0. The van der Waals surface area contributed by atoms with Crippen LogP contribution < -0.4 is 5.84 Å². The highest BCUT2D eigenvalue weighted by atomic mass is 16.5. The van der Waals surface area contributed by atoms with Gasteiger partial charge in [0.25, 0.3) is 0 Å². The molecule has 0 atom stereocenters. The average Bonchev–Trinajstić information content (AvgIpc) is 1.79. The van der Waals surface area contributed by atoms with Crippen LogP contribution in [0.4, 0.5) is 0 Å². The Balaban J connectivity index is 2.46. The molecule has 0 amide bonds. The SMILES string of the molecule is CCC1(/C=N/N)COC1. The van der Waals surface area contributed by atoms with Crippen LogP contribution in [0.1, 0.15) is 13.3 Å². The summed E-state index contributed by atoms with van der Waals surface area (Å²) in [6, 6.07) is 0. The van der Waals surface area contributed by atoms with Crippen LogP contribution in [0.5, 0.6) is 0 Å². The van der Waals surface area contributed by atoms with Crippen molar-refractivity contribution in [3.8, 4) is 0 Å². The molecule has 1 aliphatic rings. The van der Waals surface area contributed by atoms with Crippen LogP contribution in [0, 0.1) is 5.41 Å². The predicted octanol–water partition coefficient (Wildman–Crippen LogP) is 0.358. The largest absolute Gasteiger partial charge is 0.379 e.